The molecular formula is C18H15ClN2O4S. The smallest absolute Gasteiger partial charge is 0.293 e. The molecule has 0 atom stereocenters. The van der Waals surface area contributed by atoms with Crippen molar-refractivity contribution in [3.8, 4) is 0 Å². The van der Waals surface area contributed by atoms with Crippen LogP contribution in [0.3, 0.4) is 0 Å². The molecule has 1 aromatic heterocycles. The van der Waals surface area contributed by atoms with Gasteiger partial charge in [-0.2, -0.15) is 0 Å². The standard InChI is InChI=1S/C18H15ClN2O4S/c1-11-2-7-14(25-11)16(22)20-8-9-21-17(23)15(26-18(21)24)10-12-3-5-13(19)6-4-12/h2-7,10H,8-9H2,1H3,(H,20,22)/b15-10+. The maximum atomic E-state index is 12.4. The van der Waals surface area contributed by atoms with Crippen molar-refractivity contribution >= 4 is 46.5 Å². The Kier molecular flexibility index (Phi) is 5.49. The number of furan rings is 1. The highest BCUT2D eigenvalue weighted by Crippen LogP contribution is 2.32. The third kappa shape index (κ3) is 4.17. The van der Waals surface area contributed by atoms with Crippen molar-refractivity contribution < 1.29 is 18.8 Å². The van der Waals surface area contributed by atoms with Gasteiger partial charge in [0.15, 0.2) is 5.76 Å². The summed E-state index contributed by atoms with van der Waals surface area (Å²) in [4.78, 5) is 37.8. The minimum absolute atomic E-state index is 0.0913. The maximum absolute atomic E-state index is 12.4. The molecular weight excluding hydrogens is 376 g/mol. The molecule has 1 aliphatic rings. The lowest BCUT2D eigenvalue weighted by atomic mass is 10.2. The number of hydrogen-bond acceptors (Lipinski definition) is 5. The van der Waals surface area contributed by atoms with Gasteiger partial charge in [0.2, 0.25) is 0 Å². The van der Waals surface area contributed by atoms with Crippen LogP contribution in [-0.4, -0.2) is 35.0 Å². The Hall–Kier alpha value is -2.51. The zero-order valence-electron chi connectivity index (χ0n) is 13.8. The largest absolute Gasteiger partial charge is 0.456 e. The van der Waals surface area contributed by atoms with Gasteiger partial charge in [-0.1, -0.05) is 23.7 Å². The first-order valence-electron chi connectivity index (χ1n) is 7.79. The molecule has 6 nitrogen and oxygen atoms in total. The third-order valence-corrected chi connectivity index (χ3v) is 4.79. The summed E-state index contributed by atoms with van der Waals surface area (Å²) in [6.45, 7) is 1.98. The van der Waals surface area contributed by atoms with Crippen LogP contribution in [0.5, 0.6) is 0 Å². The fraction of sp³-hybridized carbons (Fsp3) is 0.167. The lowest BCUT2D eigenvalue weighted by molar-refractivity contribution is -0.122. The van der Waals surface area contributed by atoms with Gasteiger partial charge < -0.3 is 9.73 Å². The Labute approximate surface area is 159 Å². The maximum Gasteiger partial charge on any atom is 0.293 e. The van der Waals surface area contributed by atoms with Crippen molar-refractivity contribution in [1.82, 2.24) is 10.2 Å². The summed E-state index contributed by atoms with van der Waals surface area (Å²) in [5.41, 5.74) is 0.779. The molecule has 0 spiro atoms. The number of rotatable bonds is 5. The number of aryl methyl sites for hydroxylation is 1. The molecule has 134 valence electrons. The molecule has 3 rings (SSSR count). The second-order valence-corrected chi connectivity index (χ2v) is 6.98. The van der Waals surface area contributed by atoms with Gasteiger partial charge in [-0.05, 0) is 54.6 Å². The van der Waals surface area contributed by atoms with Crippen LogP contribution in [0.25, 0.3) is 6.08 Å². The van der Waals surface area contributed by atoms with E-state index in [9.17, 15) is 14.4 Å². The van der Waals surface area contributed by atoms with Crippen LogP contribution >= 0.6 is 23.4 Å². The number of benzene rings is 1. The van der Waals surface area contributed by atoms with E-state index in [0.717, 1.165) is 22.2 Å². The van der Waals surface area contributed by atoms with Crippen LogP contribution in [0.4, 0.5) is 4.79 Å². The number of nitrogens with one attached hydrogen (secondary N) is 1. The number of carbonyl (C=O) groups is 3. The minimum Gasteiger partial charge on any atom is -0.456 e. The van der Waals surface area contributed by atoms with E-state index in [1.807, 2.05) is 0 Å². The Bertz CT molecular complexity index is 889. The SMILES string of the molecule is Cc1ccc(C(=O)NCCN2C(=O)S/C(=C/c3ccc(Cl)cc3)C2=O)o1. The van der Waals surface area contributed by atoms with Crippen molar-refractivity contribution in [1.29, 1.82) is 0 Å². The van der Waals surface area contributed by atoms with Crippen molar-refractivity contribution in [3.63, 3.8) is 0 Å². The van der Waals surface area contributed by atoms with E-state index < -0.39 is 0 Å². The summed E-state index contributed by atoms with van der Waals surface area (Å²) in [6.07, 6.45) is 1.64. The first kappa shape index (κ1) is 18.3. The Morgan fingerprint density at radius 3 is 2.62 bits per heavy atom. The topological polar surface area (TPSA) is 79.6 Å². The second kappa shape index (κ2) is 7.80. The van der Waals surface area contributed by atoms with Crippen LogP contribution in [0.1, 0.15) is 21.9 Å². The molecule has 1 N–H and O–H groups in total. The van der Waals surface area contributed by atoms with E-state index in [4.69, 9.17) is 16.0 Å². The fourth-order valence-corrected chi connectivity index (χ4v) is 3.32. The van der Waals surface area contributed by atoms with Crippen LogP contribution in [-0.2, 0) is 4.79 Å². The monoisotopic (exact) mass is 390 g/mol. The molecule has 1 aromatic carbocycles. The first-order chi connectivity index (χ1) is 12.4. The van der Waals surface area contributed by atoms with Crippen LogP contribution in [0.2, 0.25) is 5.02 Å². The number of hydrogen-bond donors (Lipinski definition) is 1. The van der Waals surface area contributed by atoms with Crippen molar-refractivity contribution in [3.05, 3.63) is 63.4 Å². The highest BCUT2D eigenvalue weighted by molar-refractivity contribution is 8.18. The van der Waals surface area contributed by atoms with Gasteiger partial charge in [-0.25, -0.2) is 0 Å². The van der Waals surface area contributed by atoms with Gasteiger partial charge in [0.1, 0.15) is 5.76 Å². The van der Waals surface area contributed by atoms with Crippen molar-refractivity contribution in [2.45, 2.75) is 6.92 Å². The Morgan fingerprint density at radius 2 is 1.96 bits per heavy atom. The van der Waals surface area contributed by atoms with Gasteiger partial charge in [-0.3, -0.25) is 19.3 Å². The lowest BCUT2D eigenvalue weighted by Crippen LogP contribution is -2.37. The summed E-state index contributed by atoms with van der Waals surface area (Å²) in [7, 11) is 0. The zero-order valence-corrected chi connectivity index (χ0v) is 15.4. The predicted molar refractivity (Wildman–Crippen MR) is 99.9 cm³/mol. The number of nitrogens with zero attached hydrogens (tertiary/aromatic N) is 1. The average molecular weight is 391 g/mol. The molecule has 2 aromatic rings. The molecule has 26 heavy (non-hydrogen) atoms. The number of thioether (sulfide) groups is 1. The fourth-order valence-electron chi connectivity index (χ4n) is 2.33. The highest BCUT2D eigenvalue weighted by Gasteiger charge is 2.34. The third-order valence-electron chi connectivity index (χ3n) is 3.63. The summed E-state index contributed by atoms with van der Waals surface area (Å²) in [5.74, 6) is 0.0625. The van der Waals surface area contributed by atoms with Crippen LogP contribution in [0, 0.1) is 6.92 Å². The van der Waals surface area contributed by atoms with E-state index in [1.165, 1.54) is 0 Å². The summed E-state index contributed by atoms with van der Waals surface area (Å²) < 4.78 is 5.22. The van der Waals surface area contributed by atoms with Gasteiger partial charge in [0, 0.05) is 18.1 Å². The minimum atomic E-state index is -0.387. The van der Waals surface area contributed by atoms with E-state index in [-0.39, 0.29) is 35.9 Å². The second-order valence-electron chi connectivity index (χ2n) is 5.55. The predicted octanol–water partition coefficient (Wildman–Crippen LogP) is 3.71. The molecule has 1 fully saturated rings. The normalized spacial score (nSPS) is 15.8. The average Bonchev–Trinajstić information content (AvgIpc) is 3.15. The molecule has 3 amide bonds. The lowest BCUT2D eigenvalue weighted by Gasteiger charge is -2.12. The summed E-state index contributed by atoms with van der Waals surface area (Å²) in [6, 6.07) is 10.2. The molecule has 2 heterocycles. The van der Waals surface area contributed by atoms with Crippen molar-refractivity contribution in [2.75, 3.05) is 13.1 Å². The number of imide groups is 1. The van der Waals surface area contributed by atoms with E-state index in [2.05, 4.69) is 5.32 Å². The van der Waals surface area contributed by atoms with E-state index in [1.54, 1.807) is 49.4 Å². The van der Waals surface area contributed by atoms with Crippen LogP contribution in [0.15, 0.2) is 45.7 Å². The first-order valence-corrected chi connectivity index (χ1v) is 8.99. The van der Waals surface area contributed by atoms with Gasteiger partial charge >= 0.3 is 0 Å². The number of amides is 3. The van der Waals surface area contributed by atoms with E-state index in [0.29, 0.717) is 15.7 Å². The number of halogens is 1. The zero-order chi connectivity index (χ0) is 18.7. The van der Waals surface area contributed by atoms with E-state index >= 15 is 0 Å². The molecule has 1 aliphatic heterocycles. The molecule has 0 saturated carbocycles. The molecule has 8 heteroatoms. The van der Waals surface area contributed by atoms with Gasteiger partial charge in [-0.15, -0.1) is 0 Å². The molecule has 0 radical (unpaired) electrons. The molecule has 0 aliphatic carbocycles. The Morgan fingerprint density at radius 1 is 1.23 bits per heavy atom. The Balaban J connectivity index is 1.58. The van der Waals surface area contributed by atoms with Gasteiger partial charge in [0.05, 0.1) is 4.91 Å². The molecule has 0 bridgehead atoms. The van der Waals surface area contributed by atoms with Gasteiger partial charge in [0.25, 0.3) is 17.1 Å². The van der Waals surface area contributed by atoms with Crippen molar-refractivity contribution in [2.24, 2.45) is 0 Å². The molecule has 1 saturated heterocycles. The number of carbonyl (C=O) groups excluding carboxylic acids is 3. The summed E-state index contributed by atoms with van der Waals surface area (Å²) in [5, 5.41) is 2.86. The van der Waals surface area contributed by atoms with Crippen LogP contribution < -0.4 is 5.32 Å². The molecule has 0 unspecified atom stereocenters. The highest BCUT2D eigenvalue weighted by atomic mass is 35.5. The summed E-state index contributed by atoms with van der Waals surface area (Å²) >= 11 is 6.71. The quantitative estimate of drug-likeness (QED) is 0.787.